The lowest BCUT2D eigenvalue weighted by molar-refractivity contribution is 0.618. The van der Waals surface area contributed by atoms with Crippen molar-refractivity contribution >= 4 is 22.4 Å². The van der Waals surface area contributed by atoms with Crippen molar-refractivity contribution in [3.05, 3.63) is 106 Å². The zero-order valence-electron chi connectivity index (χ0n) is 19.7. The zero-order chi connectivity index (χ0) is 23.9. The predicted molar refractivity (Wildman–Crippen MR) is 141 cm³/mol. The van der Waals surface area contributed by atoms with Crippen LogP contribution in [0.15, 0.2) is 72.8 Å². The second kappa shape index (κ2) is 11.6. The standard InChI is InChI=1S/C31H31ClF2/c1-2-3-4-5-6-7-23-11-18-28(30(33)20-23)25-15-19-29-26(21-25)14-13-24(31(29)34)12-8-22-9-16-27(32)17-10-22/h9-11,13-21H,2-8,12H2,1H3. The van der Waals surface area contributed by atoms with Gasteiger partial charge in [-0.2, -0.15) is 0 Å². The molecular formula is C31H31ClF2. The highest BCUT2D eigenvalue weighted by molar-refractivity contribution is 6.30. The molecular weight excluding hydrogens is 446 g/mol. The highest BCUT2D eigenvalue weighted by atomic mass is 35.5. The molecule has 0 spiro atoms. The maximum Gasteiger partial charge on any atom is 0.134 e. The second-order valence-electron chi connectivity index (χ2n) is 9.08. The molecule has 0 unspecified atom stereocenters. The summed E-state index contributed by atoms with van der Waals surface area (Å²) < 4.78 is 30.1. The van der Waals surface area contributed by atoms with E-state index >= 15 is 4.39 Å². The molecule has 0 aromatic heterocycles. The third kappa shape index (κ3) is 6.04. The number of hydrogen-bond acceptors (Lipinski definition) is 0. The van der Waals surface area contributed by atoms with Gasteiger partial charge in [-0.15, -0.1) is 0 Å². The molecule has 0 saturated heterocycles. The first-order valence-electron chi connectivity index (χ1n) is 12.3. The van der Waals surface area contributed by atoms with Crippen LogP contribution in [0.4, 0.5) is 8.78 Å². The van der Waals surface area contributed by atoms with Crippen LogP contribution in [0.2, 0.25) is 5.02 Å². The number of fused-ring (bicyclic) bond motifs is 1. The van der Waals surface area contributed by atoms with E-state index in [2.05, 4.69) is 6.92 Å². The van der Waals surface area contributed by atoms with Crippen molar-refractivity contribution in [2.75, 3.05) is 0 Å². The molecule has 34 heavy (non-hydrogen) atoms. The fourth-order valence-electron chi connectivity index (χ4n) is 4.51. The van der Waals surface area contributed by atoms with Crippen LogP contribution in [-0.2, 0) is 19.3 Å². The molecule has 0 aliphatic carbocycles. The Morgan fingerprint density at radius 3 is 2.21 bits per heavy atom. The van der Waals surface area contributed by atoms with Crippen molar-refractivity contribution in [3.8, 4) is 11.1 Å². The van der Waals surface area contributed by atoms with Crippen molar-refractivity contribution in [2.24, 2.45) is 0 Å². The first kappa shape index (κ1) is 24.4. The molecule has 0 bridgehead atoms. The quantitative estimate of drug-likeness (QED) is 0.200. The molecule has 0 saturated carbocycles. The maximum atomic E-state index is 15.2. The molecule has 3 heteroatoms. The monoisotopic (exact) mass is 476 g/mol. The molecule has 0 aliphatic heterocycles. The highest BCUT2D eigenvalue weighted by Gasteiger charge is 2.11. The van der Waals surface area contributed by atoms with E-state index in [9.17, 15) is 4.39 Å². The Morgan fingerprint density at radius 2 is 1.44 bits per heavy atom. The molecule has 176 valence electrons. The fraction of sp³-hybridized carbons (Fsp3) is 0.290. The zero-order valence-corrected chi connectivity index (χ0v) is 20.5. The second-order valence-corrected chi connectivity index (χ2v) is 9.52. The highest BCUT2D eigenvalue weighted by Crippen LogP contribution is 2.30. The summed E-state index contributed by atoms with van der Waals surface area (Å²) in [6, 6.07) is 22.4. The Morgan fingerprint density at radius 1 is 0.676 bits per heavy atom. The lowest BCUT2D eigenvalue weighted by Crippen LogP contribution is -1.96. The van der Waals surface area contributed by atoms with Gasteiger partial charge in [0, 0.05) is 16.0 Å². The van der Waals surface area contributed by atoms with Crippen molar-refractivity contribution in [1.82, 2.24) is 0 Å². The third-order valence-corrected chi connectivity index (χ3v) is 6.80. The van der Waals surface area contributed by atoms with Crippen LogP contribution in [0.25, 0.3) is 21.9 Å². The first-order valence-corrected chi connectivity index (χ1v) is 12.7. The summed E-state index contributed by atoms with van der Waals surface area (Å²) in [5, 5.41) is 2.05. The number of halogens is 3. The summed E-state index contributed by atoms with van der Waals surface area (Å²) in [6.45, 7) is 2.21. The summed E-state index contributed by atoms with van der Waals surface area (Å²) >= 11 is 5.95. The molecule has 4 aromatic carbocycles. The van der Waals surface area contributed by atoms with Crippen LogP contribution < -0.4 is 0 Å². The fourth-order valence-corrected chi connectivity index (χ4v) is 4.63. The van der Waals surface area contributed by atoms with Gasteiger partial charge in [-0.25, -0.2) is 8.78 Å². The Hall–Kier alpha value is -2.71. The van der Waals surface area contributed by atoms with Crippen LogP contribution in [0.3, 0.4) is 0 Å². The maximum absolute atomic E-state index is 15.2. The van der Waals surface area contributed by atoms with E-state index < -0.39 is 0 Å². The van der Waals surface area contributed by atoms with Crippen LogP contribution in [0.1, 0.15) is 55.7 Å². The van der Waals surface area contributed by atoms with Gasteiger partial charge < -0.3 is 0 Å². The first-order chi connectivity index (χ1) is 16.5. The van der Waals surface area contributed by atoms with Crippen LogP contribution in [0, 0.1) is 11.6 Å². The van der Waals surface area contributed by atoms with Crippen molar-refractivity contribution in [3.63, 3.8) is 0 Å². The normalized spacial score (nSPS) is 11.3. The average molecular weight is 477 g/mol. The van der Waals surface area contributed by atoms with Gasteiger partial charge in [0.15, 0.2) is 0 Å². The molecule has 4 rings (SSSR count). The van der Waals surface area contributed by atoms with E-state index in [0.29, 0.717) is 28.0 Å². The number of rotatable bonds is 10. The summed E-state index contributed by atoms with van der Waals surface area (Å²) in [4.78, 5) is 0. The van der Waals surface area contributed by atoms with Gasteiger partial charge in [0.25, 0.3) is 0 Å². The van der Waals surface area contributed by atoms with Gasteiger partial charge in [0.2, 0.25) is 0 Å². The van der Waals surface area contributed by atoms with Gasteiger partial charge in [-0.1, -0.05) is 92.7 Å². The minimum absolute atomic E-state index is 0.197. The Labute approximate surface area is 206 Å². The predicted octanol–water partition coefficient (Wildman–Crippen LogP) is 9.74. The van der Waals surface area contributed by atoms with Gasteiger partial charge in [-0.3, -0.25) is 0 Å². The van der Waals surface area contributed by atoms with E-state index in [-0.39, 0.29) is 11.6 Å². The molecule has 0 aliphatic rings. The molecule has 0 N–H and O–H groups in total. The van der Waals surface area contributed by atoms with Gasteiger partial charge in [0.1, 0.15) is 11.6 Å². The van der Waals surface area contributed by atoms with E-state index in [1.54, 1.807) is 12.1 Å². The van der Waals surface area contributed by atoms with Crippen molar-refractivity contribution in [1.29, 1.82) is 0 Å². The third-order valence-electron chi connectivity index (χ3n) is 6.54. The topological polar surface area (TPSA) is 0 Å². The average Bonchev–Trinajstić information content (AvgIpc) is 2.84. The Balaban J connectivity index is 1.48. The summed E-state index contributed by atoms with van der Waals surface area (Å²) in [5.74, 6) is -0.414. The van der Waals surface area contributed by atoms with E-state index in [4.69, 9.17) is 11.6 Å². The lowest BCUT2D eigenvalue weighted by Gasteiger charge is -2.10. The Kier molecular flexibility index (Phi) is 8.34. The van der Waals surface area contributed by atoms with Crippen LogP contribution in [-0.4, -0.2) is 0 Å². The minimum Gasteiger partial charge on any atom is -0.206 e. The van der Waals surface area contributed by atoms with E-state index in [1.165, 1.54) is 25.7 Å². The van der Waals surface area contributed by atoms with E-state index in [0.717, 1.165) is 41.3 Å². The Bertz CT molecular complexity index is 1240. The molecule has 0 atom stereocenters. The SMILES string of the molecule is CCCCCCCc1ccc(-c2ccc3c(F)c(CCc4ccc(Cl)cc4)ccc3c2)c(F)c1. The largest absolute Gasteiger partial charge is 0.206 e. The van der Waals surface area contributed by atoms with Crippen LogP contribution in [0.5, 0.6) is 0 Å². The van der Waals surface area contributed by atoms with Crippen molar-refractivity contribution < 1.29 is 8.78 Å². The van der Waals surface area contributed by atoms with Gasteiger partial charge in [0.05, 0.1) is 0 Å². The van der Waals surface area contributed by atoms with E-state index in [1.807, 2.05) is 60.7 Å². The summed E-state index contributed by atoms with van der Waals surface area (Å²) in [5.41, 5.74) is 4.18. The molecule has 0 amide bonds. The number of hydrogen-bond donors (Lipinski definition) is 0. The summed E-state index contributed by atoms with van der Waals surface area (Å²) in [6.07, 6.45) is 8.27. The molecule has 0 radical (unpaired) electrons. The lowest BCUT2D eigenvalue weighted by atomic mass is 9.96. The molecule has 0 nitrogen and oxygen atoms in total. The van der Waals surface area contributed by atoms with Crippen molar-refractivity contribution in [2.45, 2.75) is 58.3 Å². The van der Waals surface area contributed by atoms with Gasteiger partial charge >= 0.3 is 0 Å². The van der Waals surface area contributed by atoms with Gasteiger partial charge in [-0.05, 0) is 77.6 Å². The molecule has 0 heterocycles. The number of benzene rings is 4. The molecule has 4 aromatic rings. The summed E-state index contributed by atoms with van der Waals surface area (Å²) in [7, 11) is 0. The molecule has 0 fully saturated rings. The smallest absolute Gasteiger partial charge is 0.134 e. The number of unbranched alkanes of at least 4 members (excludes halogenated alkanes) is 4. The minimum atomic E-state index is -0.217. The number of aryl methyl sites for hydroxylation is 3. The van der Waals surface area contributed by atoms with Crippen LogP contribution >= 0.6 is 11.6 Å².